The maximum absolute atomic E-state index is 12.8. The highest BCUT2D eigenvalue weighted by Crippen LogP contribution is 2.27. The summed E-state index contributed by atoms with van der Waals surface area (Å²) >= 11 is 0. The van der Waals surface area contributed by atoms with Crippen molar-refractivity contribution in [3.8, 4) is 5.75 Å². The number of benzene rings is 1. The molecule has 0 radical (unpaired) electrons. The Morgan fingerprint density at radius 2 is 1.74 bits per heavy atom. The summed E-state index contributed by atoms with van der Waals surface area (Å²) in [4.78, 5) is 38.8. The molecule has 1 saturated heterocycles. The number of phenols is 1. The standard InChI is InChI=1S/C20H27N3O4/c1-21-18(25)13-8-10-14(11-9-13)22-19(26)16-6-4-12-23(16)20(27)15-5-2-3-7-17(15)24/h2-3,5,7,13-14,16,24H,4,6,8-12H2,1H3,(H,21,25)(H,22,26)/t13?,14?,16-/m1/s1. The summed E-state index contributed by atoms with van der Waals surface area (Å²) in [6, 6.07) is 5.95. The SMILES string of the molecule is CNC(=O)C1CCC(NC(=O)[C@H]2CCCN2C(=O)c2ccccc2O)CC1. The lowest BCUT2D eigenvalue weighted by molar-refractivity contribution is -0.126. The summed E-state index contributed by atoms with van der Waals surface area (Å²) in [5.41, 5.74) is 0.225. The zero-order valence-corrected chi connectivity index (χ0v) is 15.6. The van der Waals surface area contributed by atoms with Gasteiger partial charge in [-0.2, -0.15) is 0 Å². The predicted molar refractivity (Wildman–Crippen MR) is 100 cm³/mol. The molecule has 3 N–H and O–H groups in total. The first-order chi connectivity index (χ1) is 13.0. The molecular formula is C20H27N3O4. The van der Waals surface area contributed by atoms with Crippen LogP contribution in [0.5, 0.6) is 5.75 Å². The van der Waals surface area contributed by atoms with Crippen molar-refractivity contribution in [2.45, 2.75) is 50.6 Å². The third-order valence-corrected chi connectivity index (χ3v) is 5.64. The second-order valence-electron chi connectivity index (χ2n) is 7.35. The van der Waals surface area contributed by atoms with Crippen molar-refractivity contribution in [3.63, 3.8) is 0 Å². The van der Waals surface area contributed by atoms with Gasteiger partial charge in [-0.1, -0.05) is 12.1 Å². The Kier molecular flexibility index (Phi) is 5.98. The Balaban J connectivity index is 1.59. The first kappa shape index (κ1) is 19.2. The molecule has 1 aromatic rings. The van der Waals surface area contributed by atoms with Crippen molar-refractivity contribution in [2.24, 2.45) is 5.92 Å². The second kappa shape index (κ2) is 8.41. The Bertz CT molecular complexity index is 713. The minimum Gasteiger partial charge on any atom is -0.507 e. The highest BCUT2D eigenvalue weighted by Gasteiger charge is 2.36. The van der Waals surface area contributed by atoms with E-state index in [4.69, 9.17) is 0 Å². The minimum atomic E-state index is -0.506. The molecule has 27 heavy (non-hydrogen) atoms. The molecule has 146 valence electrons. The number of nitrogens with zero attached hydrogens (tertiary/aromatic N) is 1. The smallest absolute Gasteiger partial charge is 0.258 e. The molecule has 0 spiro atoms. The van der Waals surface area contributed by atoms with Gasteiger partial charge in [0.05, 0.1) is 5.56 Å². The highest BCUT2D eigenvalue weighted by molar-refractivity contribution is 5.99. The lowest BCUT2D eigenvalue weighted by Gasteiger charge is -2.30. The first-order valence-corrected chi connectivity index (χ1v) is 9.62. The third kappa shape index (κ3) is 4.23. The number of aromatic hydroxyl groups is 1. The summed E-state index contributed by atoms with van der Waals surface area (Å²) in [7, 11) is 1.65. The molecule has 0 unspecified atom stereocenters. The number of hydrogen-bond donors (Lipinski definition) is 3. The van der Waals surface area contributed by atoms with Crippen molar-refractivity contribution in [3.05, 3.63) is 29.8 Å². The molecule has 1 aliphatic heterocycles. The first-order valence-electron chi connectivity index (χ1n) is 9.62. The van der Waals surface area contributed by atoms with Gasteiger partial charge in [0, 0.05) is 25.6 Å². The van der Waals surface area contributed by atoms with E-state index in [2.05, 4.69) is 10.6 Å². The van der Waals surface area contributed by atoms with Crippen LogP contribution in [-0.2, 0) is 9.59 Å². The quantitative estimate of drug-likeness (QED) is 0.743. The molecule has 3 rings (SSSR count). The van der Waals surface area contributed by atoms with E-state index in [0.717, 1.165) is 32.1 Å². The zero-order valence-electron chi connectivity index (χ0n) is 15.6. The Labute approximate surface area is 159 Å². The van der Waals surface area contributed by atoms with Crippen molar-refractivity contribution >= 4 is 17.7 Å². The summed E-state index contributed by atoms with van der Waals surface area (Å²) in [6.45, 7) is 0.509. The molecule has 1 aromatic carbocycles. The molecule has 1 atom stereocenters. The van der Waals surface area contributed by atoms with Crippen molar-refractivity contribution < 1.29 is 19.5 Å². The van der Waals surface area contributed by atoms with Crippen LogP contribution in [0.15, 0.2) is 24.3 Å². The van der Waals surface area contributed by atoms with Crippen LogP contribution >= 0.6 is 0 Å². The molecule has 3 amide bonds. The van der Waals surface area contributed by atoms with Gasteiger partial charge in [-0.15, -0.1) is 0 Å². The van der Waals surface area contributed by atoms with Gasteiger partial charge in [0.15, 0.2) is 0 Å². The monoisotopic (exact) mass is 373 g/mol. The number of likely N-dealkylation sites (tertiary alicyclic amines) is 1. The van der Waals surface area contributed by atoms with Gasteiger partial charge in [0.25, 0.3) is 5.91 Å². The molecule has 1 saturated carbocycles. The molecule has 7 heteroatoms. The number of rotatable bonds is 4. The van der Waals surface area contributed by atoms with Crippen molar-refractivity contribution in [1.82, 2.24) is 15.5 Å². The van der Waals surface area contributed by atoms with Crippen LogP contribution in [0.3, 0.4) is 0 Å². The molecular weight excluding hydrogens is 346 g/mol. The predicted octanol–water partition coefficient (Wildman–Crippen LogP) is 1.42. The van der Waals surface area contributed by atoms with Crippen molar-refractivity contribution in [1.29, 1.82) is 0 Å². The molecule has 0 bridgehead atoms. The Hall–Kier alpha value is -2.57. The molecule has 1 heterocycles. The number of amides is 3. The lowest BCUT2D eigenvalue weighted by Crippen LogP contribution is -2.49. The topological polar surface area (TPSA) is 98.7 Å². The van der Waals surface area contributed by atoms with Gasteiger partial charge >= 0.3 is 0 Å². The fraction of sp³-hybridized carbons (Fsp3) is 0.550. The van der Waals surface area contributed by atoms with Crippen LogP contribution in [0.25, 0.3) is 0 Å². The second-order valence-corrected chi connectivity index (χ2v) is 7.35. The highest BCUT2D eigenvalue weighted by atomic mass is 16.3. The Morgan fingerprint density at radius 1 is 1.04 bits per heavy atom. The molecule has 7 nitrogen and oxygen atoms in total. The number of para-hydroxylation sites is 1. The zero-order chi connectivity index (χ0) is 19.4. The summed E-state index contributed by atoms with van der Waals surface area (Å²) < 4.78 is 0. The van der Waals surface area contributed by atoms with Gasteiger partial charge < -0.3 is 20.6 Å². The van der Waals surface area contributed by atoms with E-state index in [0.29, 0.717) is 13.0 Å². The van der Waals surface area contributed by atoms with Crippen LogP contribution in [0.2, 0.25) is 0 Å². The van der Waals surface area contributed by atoms with E-state index in [1.807, 2.05) is 0 Å². The van der Waals surface area contributed by atoms with Gasteiger partial charge in [-0.25, -0.2) is 0 Å². The number of nitrogens with one attached hydrogen (secondary N) is 2. The number of phenolic OH excluding ortho intramolecular Hbond substituents is 1. The lowest BCUT2D eigenvalue weighted by atomic mass is 9.85. The van der Waals surface area contributed by atoms with Crippen LogP contribution in [0.1, 0.15) is 48.9 Å². The van der Waals surface area contributed by atoms with E-state index in [1.165, 1.54) is 6.07 Å². The Morgan fingerprint density at radius 3 is 2.41 bits per heavy atom. The number of carbonyl (C=O) groups is 3. The maximum atomic E-state index is 12.8. The van der Waals surface area contributed by atoms with E-state index >= 15 is 0 Å². The fourth-order valence-corrected chi connectivity index (χ4v) is 4.09. The molecule has 0 aromatic heterocycles. The van der Waals surface area contributed by atoms with Crippen LogP contribution in [0, 0.1) is 5.92 Å². The summed E-state index contributed by atoms with van der Waals surface area (Å²) in [5, 5.41) is 15.7. The summed E-state index contributed by atoms with van der Waals surface area (Å²) in [5.74, 6) is -0.432. The number of hydrogen-bond acceptors (Lipinski definition) is 4. The molecule has 2 fully saturated rings. The average molecular weight is 373 g/mol. The molecule has 1 aliphatic carbocycles. The van der Waals surface area contributed by atoms with E-state index < -0.39 is 6.04 Å². The number of carbonyl (C=O) groups excluding carboxylic acids is 3. The van der Waals surface area contributed by atoms with E-state index in [1.54, 1.807) is 30.1 Å². The van der Waals surface area contributed by atoms with Gasteiger partial charge in [-0.3, -0.25) is 14.4 Å². The van der Waals surface area contributed by atoms with Crippen molar-refractivity contribution in [2.75, 3.05) is 13.6 Å². The van der Waals surface area contributed by atoms with Gasteiger partial charge in [0.2, 0.25) is 11.8 Å². The maximum Gasteiger partial charge on any atom is 0.258 e. The van der Waals surface area contributed by atoms with E-state index in [9.17, 15) is 19.5 Å². The minimum absolute atomic E-state index is 0.0220. The normalized spacial score (nSPS) is 25.1. The fourth-order valence-electron chi connectivity index (χ4n) is 4.09. The molecule has 2 aliphatic rings. The van der Waals surface area contributed by atoms with E-state index in [-0.39, 0.29) is 41.0 Å². The average Bonchev–Trinajstić information content (AvgIpc) is 3.18. The van der Waals surface area contributed by atoms with Crippen LogP contribution < -0.4 is 10.6 Å². The van der Waals surface area contributed by atoms with Gasteiger partial charge in [-0.05, 0) is 50.7 Å². The summed E-state index contributed by atoms with van der Waals surface area (Å²) in [6.07, 6.45) is 4.44. The van der Waals surface area contributed by atoms with Crippen LogP contribution in [0.4, 0.5) is 0 Å². The largest absolute Gasteiger partial charge is 0.507 e. The van der Waals surface area contributed by atoms with Gasteiger partial charge in [0.1, 0.15) is 11.8 Å². The third-order valence-electron chi connectivity index (χ3n) is 5.64. The van der Waals surface area contributed by atoms with Crippen LogP contribution in [-0.4, -0.2) is 53.4 Å².